The van der Waals surface area contributed by atoms with Gasteiger partial charge in [0.05, 0.1) is 6.54 Å². The smallest absolute Gasteiger partial charge is 0.121 e. The van der Waals surface area contributed by atoms with Crippen LogP contribution in [0.2, 0.25) is 5.02 Å². The van der Waals surface area contributed by atoms with Gasteiger partial charge in [-0.15, -0.1) is 0 Å². The third-order valence-corrected chi connectivity index (χ3v) is 5.10. The third-order valence-electron chi connectivity index (χ3n) is 4.85. The van der Waals surface area contributed by atoms with Crippen molar-refractivity contribution in [2.45, 2.75) is 25.8 Å². The van der Waals surface area contributed by atoms with Crippen LogP contribution in [0.3, 0.4) is 0 Å². The summed E-state index contributed by atoms with van der Waals surface area (Å²) in [5.41, 5.74) is 3.96. The summed E-state index contributed by atoms with van der Waals surface area (Å²) in [6, 6.07) is 18.1. The van der Waals surface area contributed by atoms with Gasteiger partial charge in [-0.25, -0.2) is 0 Å². The van der Waals surface area contributed by atoms with E-state index in [4.69, 9.17) is 21.8 Å². The molecule has 0 aliphatic carbocycles. The second-order valence-corrected chi connectivity index (χ2v) is 7.20. The minimum absolute atomic E-state index is 0.730. The van der Waals surface area contributed by atoms with Crippen LogP contribution in [-0.2, 0) is 6.54 Å². The summed E-state index contributed by atoms with van der Waals surface area (Å²) in [4.78, 5) is 4.38. The maximum Gasteiger partial charge on any atom is 0.121 e. The summed E-state index contributed by atoms with van der Waals surface area (Å²) in [6.45, 7) is 4.43. The first-order valence-electron chi connectivity index (χ1n) is 9.28. The van der Waals surface area contributed by atoms with Crippen molar-refractivity contribution in [2.24, 2.45) is 0 Å². The van der Waals surface area contributed by atoms with Crippen molar-refractivity contribution in [1.82, 2.24) is 19.9 Å². The minimum atomic E-state index is 0.730. The van der Waals surface area contributed by atoms with E-state index in [1.54, 1.807) is 0 Å². The van der Waals surface area contributed by atoms with E-state index >= 15 is 0 Å². The molecule has 4 nitrogen and oxygen atoms in total. The monoisotopic (exact) mass is 366 g/mol. The molecule has 1 aromatic heterocycles. The third kappa shape index (κ3) is 3.97. The normalized spacial score (nSPS) is 14.8. The molecular weight excluding hydrogens is 344 g/mol. The summed E-state index contributed by atoms with van der Waals surface area (Å²) in [7, 11) is 0. The van der Waals surface area contributed by atoms with Crippen LogP contribution in [0.1, 0.15) is 19.3 Å². The zero-order valence-corrected chi connectivity index (χ0v) is 15.6. The first-order chi connectivity index (χ1) is 12.8. The highest BCUT2D eigenvalue weighted by Gasteiger charge is 2.16. The molecule has 1 fully saturated rings. The molecule has 0 unspecified atom stereocenters. The molecule has 26 heavy (non-hydrogen) atoms. The Labute approximate surface area is 159 Å². The van der Waals surface area contributed by atoms with Crippen LogP contribution >= 0.6 is 11.6 Å². The molecule has 1 saturated heterocycles. The Morgan fingerprint density at radius 3 is 2.04 bits per heavy atom. The second-order valence-electron chi connectivity index (χ2n) is 6.77. The van der Waals surface area contributed by atoms with Crippen LogP contribution in [0.5, 0.6) is 0 Å². The summed E-state index contributed by atoms with van der Waals surface area (Å²) in [6.07, 6.45) is 3.74. The number of likely N-dealkylation sites (tertiary alicyclic amines) is 1. The lowest BCUT2D eigenvalue weighted by Crippen LogP contribution is -2.21. The summed E-state index contributed by atoms with van der Waals surface area (Å²) < 4.78 is 0. The quantitative estimate of drug-likeness (QED) is 0.631. The van der Waals surface area contributed by atoms with Crippen molar-refractivity contribution in [2.75, 3.05) is 19.6 Å². The fraction of sp³-hybridized carbons (Fsp3) is 0.333. The molecule has 1 aliphatic heterocycles. The van der Waals surface area contributed by atoms with E-state index in [1.807, 2.05) is 47.3 Å². The van der Waals surface area contributed by atoms with Crippen LogP contribution in [0.25, 0.3) is 22.5 Å². The molecule has 0 N–H and O–H groups in total. The van der Waals surface area contributed by atoms with E-state index in [0.717, 1.165) is 47.0 Å². The Morgan fingerprint density at radius 2 is 1.38 bits per heavy atom. The second kappa shape index (κ2) is 8.02. The van der Waals surface area contributed by atoms with Gasteiger partial charge < -0.3 is 4.90 Å². The molecule has 0 radical (unpaired) electrons. The first kappa shape index (κ1) is 17.3. The van der Waals surface area contributed by atoms with Crippen LogP contribution in [0.4, 0.5) is 0 Å². The molecule has 0 bridgehead atoms. The summed E-state index contributed by atoms with van der Waals surface area (Å²) >= 11 is 6.05. The van der Waals surface area contributed by atoms with Gasteiger partial charge in [-0.3, -0.25) is 0 Å². The van der Waals surface area contributed by atoms with E-state index in [9.17, 15) is 0 Å². The van der Waals surface area contributed by atoms with E-state index in [-0.39, 0.29) is 0 Å². The van der Waals surface area contributed by atoms with Crippen molar-refractivity contribution < 1.29 is 0 Å². The van der Waals surface area contributed by atoms with Crippen molar-refractivity contribution in [3.63, 3.8) is 0 Å². The molecule has 4 rings (SSSR count). The average molecular weight is 367 g/mol. The average Bonchev–Trinajstić information content (AvgIpc) is 3.33. The highest BCUT2D eigenvalue weighted by Crippen LogP contribution is 2.29. The van der Waals surface area contributed by atoms with E-state index in [0.29, 0.717) is 0 Å². The van der Waals surface area contributed by atoms with E-state index in [1.165, 1.54) is 25.9 Å². The Morgan fingerprint density at radius 1 is 0.769 bits per heavy atom. The molecule has 0 saturated carbocycles. The molecule has 3 aromatic rings. The molecule has 2 heterocycles. The number of rotatable bonds is 6. The molecule has 0 amide bonds. The summed E-state index contributed by atoms with van der Waals surface area (Å²) in [5, 5.41) is 10.3. The lowest BCUT2D eigenvalue weighted by molar-refractivity contribution is 0.317. The van der Waals surface area contributed by atoms with Gasteiger partial charge in [0, 0.05) is 16.1 Å². The Bertz CT molecular complexity index is 836. The fourth-order valence-corrected chi connectivity index (χ4v) is 3.61. The number of nitrogens with zero attached hydrogens (tertiary/aromatic N) is 4. The minimum Gasteiger partial charge on any atom is -0.303 e. The summed E-state index contributed by atoms with van der Waals surface area (Å²) in [5.74, 6) is 0. The van der Waals surface area contributed by atoms with Crippen molar-refractivity contribution in [3.05, 3.63) is 59.6 Å². The topological polar surface area (TPSA) is 34.0 Å². The molecule has 134 valence electrons. The fourth-order valence-electron chi connectivity index (χ4n) is 3.48. The van der Waals surface area contributed by atoms with Crippen molar-refractivity contribution in [3.8, 4) is 22.5 Å². The van der Waals surface area contributed by atoms with Crippen LogP contribution in [-0.4, -0.2) is 39.5 Å². The molecule has 0 atom stereocenters. The maximum atomic E-state index is 6.05. The van der Waals surface area contributed by atoms with Gasteiger partial charge in [-0.2, -0.15) is 15.0 Å². The molecular formula is C21H23ClN4. The molecule has 5 heteroatoms. The van der Waals surface area contributed by atoms with E-state index in [2.05, 4.69) is 17.0 Å². The van der Waals surface area contributed by atoms with Gasteiger partial charge in [-0.05, 0) is 51.0 Å². The zero-order valence-electron chi connectivity index (χ0n) is 14.8. The number of halogens is 1. The standard InChI is InChI=1S/C21H23ClN4/c22-19-11-9-18(10-12-19)21-20(17-7-2-1-3-8-17)23-26(24-21)16-6-15-25-13-4-5-14-25/h1-3,7-12H,4-6,13-16H2. The van der Waals surface area contributed by atoms with Gasteiger partial charge in [0.25, 0.3) is 0 Å². The van der Waals surface area contributed by atoms with E-state index < -0.39 is 0 Å². The predicted molar refractivity (Wildman–Crippen MR) is 106 cm³/mol. The highest BCUT2D eigenvalue weighted by molar-refractivity contribution is 6.30. The van der Waals surface area contributed by atoms with Gasteiger partial charge in [0.1, 0.15) is 11.4 Å². The lowest BCUT2D eigenvalue weighted by Gasteiger charge is -2.13. The van der Waals surface area contributed by atoms with Crippen LogP contribution < -0.4 is 0 Å². The predicted octanol–water partition coefficient (Wildman–Crippen LogP) is 4.75. The van der Waals surface area contributed by atoms with Gasteiger partial charge >= 0.3 is 0 Å². The van der Waals surface area contributed by atoms with Gasteiger partial charge in [0.2, 0.25) is 0 Å². The van der Waals surface area contributed by atoms with Crippen LogP contribution in [0.15, 0.2) is 54.6 Å². The SMILES string of the molecule is Clc1ccc(-c2nn(CCCN3CCCC3)nc2-c2ccccc2)cc1. The Hall–Kier alpha value is -2.17. The number of benzene rings is 2. The molecule has 1 aliphatic rings. The Kier molecular flexibility index (Phi) is 5.32. The van der Waals surface area contributed by atoms with Crippen LogP contribution in [0, 0.1) is 0 Å². The van der Waals surface area contributed by atoms with Gasteiger partial charge in [-0.1, -0.05) is 54.1 Å². The number of aryl methyl sites for hydroxylation is 1. The van der Waals surface area contributed by atoms with Gasteiger partial charge in [0.15, 0.2) is 0 Å². The lowest BCUT2D eigenvalue weighted by atomic mass is 10.1. The zero-order chi connectivity index (χ0) is 17.8. The number of hydrogen-bond acceptors (Lipinski definition) is 3. The first-order valence-corrected chi connectivity index (χ1v) is 9.66. The van der Waals surface area contributed by atoms with Crippen molar-refractivity contribution >= 4 is 11.6 Å². The highest BCUT2D eigenvalue weighted by atomic mass is 35.5. The number of aromatic nitrogens is 3. The molecule has 2 aromatic carbocycles. The largest absolute Gasteiger partial charge is 0.303 e. The van der Waals surface area contributed by atoms with Crippen molar-refractivity contribution in [1.29, 1.82) is 0 Å². The molecule has 0 spiro atoms. The number of hydrogen-bond donors (Lipinski definition) is 0. The Balaban J connectivity index is 1.58. The maximum absolute atomic E-state index is 6.05.